The molecule has 2 amide bonds. The number of nitrogens with one attached hydrogen (secondary N) is 1. The fraction of sp³-hybridized carbons (Fsp3) is 0.200. The van der Waals surface area contributed by atoms with E-state index in [4.69, 9.17) is 0 Å². The summed E-state index contributed by atoms with van der Waals surface area (Å²) >= 11 is 1.49. The summed E-state index contributed by atoms with van der Waals surface area (Å²) in [6.45, 7) is 4.77. The molecule has 5 rings (SSSR count). The number of hydrogen-bond donors (Lipinski definition) is 1. The molecule has 3 aromatic carbocycles. The second kappa shape index (κ2) is 12.7. The largest absolute Gasteiger partial charge is 0.573 e. The third-order valence-corrected chi connectivity index (χ3v) is 7.53. The molecule has 13 heteroatoms. The fourth-order valence-electron chi connectivity index (χ4n) is 4.52. The number of carbonyl (C=O) groups is 1. The minimum absolute atomic E-state index is 0.223. The molecule has 1 aromatic heterocycles. The molecule has 222 valence electrons. The van der Waals surface area contributed by atoms with Gasteiger partial charge in [-0.15, -0.1) is 18.3 Å². The minimum Gasteiger partial charge on any atom is -0.406 e. The molecule has 1 aliphatic heterocycles. The number of amides is 2. The lowest BCUT2D eigenvalue weighted by atomic mass is 10.1. The summed E-state index contributed by atoms with van der Waals surface area (Å²) in [4.78, 5) is 23.1. The zero-order chi connectivity index (χ0) is 30.6. The number of para-hydroxylation sites is 1. The van der Waals surface area contributed by atoms with Crippen molar-refractivity contribution in [1.82, 2.24) is 20.1 Å². The normalized spacial score (nSPS) is 15.1. The van der Waals surface area contributed by atoms with Gasteiger partial charge in [0.05, 0.1) is 5.69 Å². The van der Waals surface area contributed by atoms with E-state index >= 15 is 0 Å². The Balaban J connectivity index is 1.23. The van der Waals surface area contributed by atoms with Crippen molar-refractivity contribution in [3.8, 4) is 22.8 Å². The summed E-state index contributed by atoms with van der Waals surface area (Å²) < 4.78 is 57.3. The average molecular weight is 611 g/mol. The number of aromatic nitrogens is 3. The van der Waals surface area contributed by atoms with Gasteiger partial charge in [0.25, 0.3) is 0 Å². The van der Waals surface area contributed by atoms with Gasteiger partial charge in [0.15, 0.2) is 11.0 Å². The minimum atomic E-state index is -4.78. The van der Waals surface area contributed by atoms with E-state index in [1.165, 1.54) is 59.2 Å². The number of hydrogen-bond acceptors (Lipinski definition) is 5. The number of alkyl halides is 3. The molecule has 8 nitrogen and oxygen atoms in total. The molecule has 1 saturated heterocycles. The predicted octanol–water partition coefficient (Wildman–Crippen LogP) is 7.43. The van der Waals surface area contributed by atoms with E-state index in [0.717, 1.165) is 41.7 Å². The first kappa shape index (κ1) is 29.8. The quantitative estimate of drug-likeness (QED) is 0.229. The summed E-state index contributed by atoms with van der Waals surface area (Å²) in [5.74, 6) is 0.148. The molecule has 0 bridgehead atoms. The first-order valence-corrected chi connectivity index (χ1v) is 14.2. The van der Waals surface area contributed by atoms with Crippen LogP contribution in [0.2, 0.25) is 0 Å². The number of benzene rings is 3. The van der Waals surface area contributed by atoms with Crippen molar-refractivity contribution in [2.24, 2.45) is 4.99 Å². The van der Waals surface area contributed by atoms with Gasteiger partial charge in [-0.3, -0.25) is 0 Å². The Morgan fingerprint density at radius 2 is 1.74 bits per heavy atom. The molecule has 1 N–H and O–H groups in total. The Labute approximate surface area is 249 Å². The molecule has 43 heavy (non-hydrogen) atoms. The van der Waals surface area contributed by atoms with Gasteiger partial charge in [0, 0.05) is 35.3 Å². The van der Waals surface area contributed by atoms with Crippen LogP contribution in [-0.4, -0.2) is 44.6 Å². The number of anilines is 1. The number of amidine groups is 1. The summed E-state index contributed by atoms with van der Waals surface area (Å²) in [7, 11) is 0. The first-order chi connectivity index (χ1) is 20.6. The van der Waals surface area contributed by atoms with E-state index in [1.54, 1.807) is 12.1 Å². The van der Waals surface area contributed by atoms with Crippen LogP contribution in [0.5, 0.6) is 5.75 Å². The van der Waals surface area contributed by atoms with Crippen molar-refractivity contribution < 1.29 is 27.1 Å². The molecule has 1 fully saturated rings. The van der Waals surface area contributed by atoms with Gasteiger partial charge in [-0.05, 0) is 55.7 Å². The van der Waals surface area contributed by atoms with E-state index in [-0.39, 0.29) is 11.3 Å². The lowest BCUT2D eigenvalue weighted by Crippen LogP contribution is -2.36. The maximum absolute atomic E-state index is 14.9. The fourth-order valence-corrected chi connectivity index (χ4v) is 5.46. The topological polar surface area (TPSA) is 84.6 Å². The Morgan fingerprint density at radius 3 is 2.42 bits per heavy atom. The van der Waals surface area contributed by atoms with Gasteiger partial charge in [-0.2, -0.15) is 4.99 Å². The van der Waals surface area contributed by atoms with Crippen LogP contribution in [0.25, 0.3) is 22.9 Å². The Morgan fingerprint density at radius 1 is 1.05 bits per heavy atom. The van der Waals surface area contributed by atoms with Crippen molar-refractivity contribution in [1.29, 1.82) is 0 Å². The molecular formula is C30H26F4N6O2S. The van der Waals surface area contributed by atoms with Gasteiger partial charge in [-0.25, -0.2) is 18.9 Å². The number of thioether (sulfide) groups is 1. The van der Waals surface area contributed by atoms with Crippen LogP contribution < -0.4 is 15.0 Å². The number of aliphatic imine (C=N–C) groups is 1. The standard InChI is InChI=1S/C30H26F4N6O2S/c1-19-5-3-6-20(2)26(19)39-15-4-16-43-29(39)37-28(41)35-17-25(31)21-7-9-22(10-8-21)27-36-18-40(38-27)23-11-13-24(14-12-23)42-30(32,33)34/h3,5-14,17-18H,4,15-16H2,1-2H3,(H,35,41)/b25-17-,37-29?. The van der Waals surface area contributed by atoms with E-state index in [0.29, 0.717) is 22.2 Å². The molecule has 0 atom stereocenters. The number of nitrogens with zero attached hydrogens (tertiary/aromatic N) is 5. The van der Waals surface area contributed by atoms with Gasteiger partial charge in [0.1, 0.15) is 17.9 Å². The van der Waals surface area contributed by atoms with Crippen molar-refractivity contribution >= 4 is 34.5 Å². The third-order valence-electron chi connectivity index (χ3n) is 6.46. The van der Waals surface area contributed by atoms with Crippen LogP contribution in [-0.2, 0) is 0 Å². The van der Waals surface area contributed by atoms with Gasteiger partial charge in [0.2, 0.25) is 0 Å². The molecule has 0 radical (unpaired) electrons. The molecule has 4 aromatic rings. The number of carbonyl (C=O) groups excluding carboxylic acids is 1. The number of ether oxygens (including phenoxy) is 1. The van der Waals surface area contributed by atoms with Crippen molar-refractivity contribution in [3.63, 3.8) is 0 Å². The van der Waals surface area contributed by atoms with Gasteiger partial charge in [-0.1, -0.05) is 54.2 Å². The van der Waals surface area contributed by atoms with Crippen LogP contribution in [0.4, 0.5) is 28.0 Å². The number of urea groups is 1. The molecule has 0 aliphatic carbocycles. The monoisotopic (exact) mass is 610 g/mol. The SMILES string of the molecule is Cc1cccc(C)c1N1CCCSC1=NC(=O)N/C=C(\F)c1ccc(-c2ncn(-c3ccc(OC(F)(F)F)cc3)n2)cc1. The Hall–Kier alpha value is -4.65. The van der Waals surface area contributed by atoms with E-state index in [2.05, 4.69) is 25.1 Å². The summed E-state index contributed by atoms with van der Waals surface area (Å²) in [6, 6.07) is 16.8. The second-order valence-electron chi connectivity index (χ2n) is 9.56. The first-order valence-electron chi connectivity index (χ1n) is 13.2. The zero-order valence-corrected chi connectivity index (χ0v) is 23.9. The highest BCUT2D eigenvalue weighted by molar-refractivity contribution is 8.14. The van der Waals surface area contributed by atoms with Crippen molar-refractivity contribution in [2.75, 3.05) is 17.2 Å². The van der Waals surface area contributed by atoms with Crippen LogP contribution >= 0.6 is 11.8 Å². The number of rotatable bonds is 6. The van der Waals surface area contributed by atoms with E-state index in [9.17, 15) is 22.4 Å². The third kappa shape index (κ3) is 7.41. The lowest BCUT2D eigenvalue weighted by molar-refractivity contribution is -0.274. The number of aryl methyl sites for hydroxylation is 2. The van der Waals surface area contributed by atoms with E-state index in [1.807, 2.05) is 36.9 Å². The number of halogens is 4. The van der Waals surface area contributed by atoms with Crippen molar-refractivity contribution in [3.05, 3.63) is 95.9 Å². The lowest BCUT2D eigenvalue weighted by Gasteiger charge is -2.31. The molecule has 1 aliphatic rings. The van der Waals surface area contributed by atoms with Gasteiger partial charge < -0.3 is 15.0 Å². The zero-order valence-electron chi connectivity index (χ0n) is 23.1. The molecule has 0 saturated carbocycles. The summed E-state index contributed by atoms with van der Waals surface area (Å²) in [5, 5.41) is 7.32. The molecule has 0 unspecified atom stereocenters. The van der Waals surface area contributed by atoms with Crippen LogP contribution in [0.15, 0.2) is 84.2 Å². The highest BCUT2D eigenvalue weighted by Gasteiger charge is 2.31. The van der Waals surface area contributed by atoms with Crippen LogP contribution in [0.1, 0.15) is 23.1 Å². The second-order valence-corrected chi connectivity index (χ2v) is 10.6. The molecule has 2 heterocycles. The Bertz CT molecular complexity index is 1650. The summed E-state index contributed by atoms with van der Waals surface area (Å²) in [5.41, 5.74) is 4.48. The average Bonchev–Trinajstić information content (AvgIpc) is 3.47. The summed E-state index contributed by atoms with van der Waals surface area (Å²) in [6.07, 6.45) is -1.45. The van der Waals surface area contributed by atoms with Crippen molar-refractivity contribution in [2.45, 2.75) is 26.6 Å². The van der Waals surface area contributed by atoms with E-state index < -0.39 is 18.2 Å². The maximum atomic E-state index is 14.9. The van der Waals surface area contributed by atoms with Gasteiger partial charge >= 0.3 is 12.4 Å². The smallest absolute Gasteiger partial charge is 0.406 e. The van der Waals surface area contributed by atoms with Crippen LogP contribution in [0.3, 0.4) is 0 Å². The highest BCUT2D eigenvalue weighted by atomic mass is 32.2. The Kier molecular flexibility index (Phi) is 8.81. The molecular weight excluding hydrogens is 584 g/mol. The predicted molar refractivity (Wildman–Crippen MR) is 159 cm³/mol. The highest BCUT2D eigenvalue weighted by Crippen LogP contribution is 2.31. The van der Waals surface area contributed by atoms with Crippen LogP contribution in [0, 0.1) is 13.8 Å². The molecule has 0 spiro atoms. The maximum Gasteiger partial charge on any atom is 0.573 e.